The smallest absolute Gasteiger partial charge is 0.266 e. The lowest BCUT2D eigenvalue weighted by molar-refractivity contribution is -0.112. The summed E-state index contributed by atoms with van der Waals surface area (Å²) in [6.07, 6.45) is 1.51. The fourth-order valence-electron chi connectivity index (χ4n) is 2.01. The predicted octanol–water partition coefficient (Wildman–Crippen LogP) is 5.57. The van der Waals surface area contributed by atoms with E-state index < -0.39 is 5.91 Å². The second-order valence-electron chi connectivity index (χ2n) is 6.03. The van der Waals surface area contributed by atoms with Crippen LogP contribution in [0.2, 0.25) is 10.0 Å². The molecule has 2 rings (SSSR count). The van der Waals surface area contributed by atoms with E-state index in [2.05, 4.69) is 19.2 Å². The number of amides is 1. The zero-order valence-corrected chi connectivity index (χ0v) is 15.9. The Balaban J connectivity index is 2.09. The van der Waals surface area contributed by atoms with Gasteiger partial charge in [0.15, 0.2) is 0 Å². The molecule has 0 saturated carbocycles. The lowest BCUT2D eigenvalue weighted by Gasteiger charge is -2.08. The van der Waals surface area contributed by atoms with Crippen LogP contribution in [-0.4, -0.2) is 12.5 Å². The monoisotopic (exact) mass is 388 g/mol. The van der Waals surface area contributed by atoms with Crippen LogP contribution >= 0.6 is 23.2 Å². The van der Waals surface area contributed by atoms with Gasteiger partial charge >= 0.3 is 0 Å². The van der Waals surface area contributed by atoms with Crippen LogP contribution in [0.1, 0.15) is 19.4 Å². The maximum atomic E-state index is 12.3. The van der Waals surface area contributed by atoms with Gasteiger partial charge in [0.25, 0.3) is 5.91 Å². The van der Waals surface area contributed by atoms with Crippen LogP contribution in [0.25, 0.3) is 6.08 Å². The average Bonchev–Trinajstić information content (AvgIpc) is 2.61. The number of nitrogens with one attached hydrogen (secondary N) is 1. The van der Waals surface area contributed by atoms with Crippen LogP contribution in [0.3, 0.4) is 0 Å². The maximum absolute atomic E-state index is 12.3. The number of ether oxygens (including phenoxy) is 1. The molecule has 0 radical (unpaired) electrons. The van der Waals surface area contributed by atoms with Gasteiger partial charge in [-0.15, -0.1) is 0 Å². The maximum Gasteiger partial charge on any atom is 0.266 e. The highest BCUT2D eigenvalue weighted by molar-refractivity contribution is 6.42. The molecule has 6 heteroatoms. The Labute approximate surface area is 163 Å². The van der Waals surface area contributed by atoms with E-state index in [1.54, 1.807) is 36.4 Å². The third-order valence-electron chi connectivity index (χ3n) is 3.32. The highest BCUT2D eigenvalue weighted by Gasteiger charge is 2.10. The van der Waals surface area contributed by atoms with E-state index in [0.717, 1.165) is 11.3 Å². The number of halogens is 2. The first kappa shape index (κ1) is 19.8. The van der Waals surface area contributed by atoms with Gasteiger partial charge < -0.3 is 10.1 Å². The number of anilines is 1. The van der Waals surface area contributed by atoms with E-state index in [4.69, 9.17) is 27.9 Å². The van der Waals surface area contributed by atoms with Gasteiger partial charge in [0.1, 0.15) is 17.4 Å². The summed E-state index contributed by atoms with van der Waals surface area (Å²) in [6.45, 7) is 4.77. The van der Waals surface area contributed by atoms with Crippen molar-refractivity contribution in [3.05, 3.63) is 63.6 Å². The fourth-order valence-corrected chi connectivity index (χ4v) is 2.31. The molecule has 4 nitrogen and oxygen atoms in total. The van der Waals surface area contributed by atoms with Crippen LogP contribution in [0.5, 0.6) is 5.75 Å². The van der Waals surface area contributed by atoms with Crippen molar-refractivity contribution in [2.75, 3.05) is 11.9 Å². The van der Waals surface area contributed by atoms with Gasteiger partial charge in [-0.25, -0.2) is 0 Å². The molecule has 0 atom stereocenters. The fraction of sp³-hybridized carbons (Fsp3) is 0.200. The summed E-state index contributed by atoms with van der Waals surface area (Å²) in [5, 5.41) is 12.6. The van der Waals surface area contributed by atoms with Crippen LogP contribution < -0.4 is 10.1 Å². The first-order chi connectivity index (χ1) is 12.4. The lowest BCUT2D eigenvalue weighted by Crippen LogP contribution is -2.13. The molecule has 2 aromatic carbocycles. The molecule has 0 aliphatic carbocycles. The summed E-state index contributed by atoms with van der Waals surface area (Å²) in [5.41, 5.74) is 1.16. The molecule has 0 heterocycles. The van der Waals surface area contributed by atoms with Crippen molar-refractivity contribution in [3.63, 3.8) is 0 Å². The van der Waals surface area contributed by atoms with Gasteiger partial charge in [-0.3, -0.25) is 4.79 Å². The number of benzene rings is 2. The van der Waals surface area contributed by atoms with Gasteiger partial charge in [-0.2, -0.15) is 5.26 Å². The molecule has 2 aromatic rings. The zero-order valence-electron chi connectivity index (χ0n) is 14.4. The van der Waals surface area contributed by atoms with Gasteiger partial charge in [-0.1, -0.05) is 49.2 Å². The Morgan fingerprint density at radius 2 is 1.88 bits per heavy atom. The summed E-state index contributed by atoms with van der Waals surface area (Å²) in [4.78, 5) is 12.3. The van der Waals surface area contributed by atoms with Crippen LogP contribution in [-0.2, 0) is 4.79 Å². The predicted molar refractivity (Wildman–Crippen MR) is 105 cm³/mol. The van der Waals surface area contributed by atoms with Crippen LogP contribution in [0.4, 0.5) is 5.69 Å². The number of carbonyl (C=O) groups is 1. The minimum absolute atomic E-state index is 0.0214. The molecule has 0 spiro atoms. The molecule has 1 amide bonds. The number of nitriles is 1. The Kier molecular flexibility index (Phi) is 7.08. The van der Waals surface area contributed by atoms with E-state index in [9.17, 15) is 10.1 Å². The summed E-state index contributed by atoms with van der Waals surface area (Å²) in [7, 11) is 0. The third-order valence-corrected chi connectivity index (χ3v) is 4.06. The molecule has 0 unspecified atom stereocenters. The summed E-state index contributed by atoms with van der Waals surface area (Å²) in [6, 6.07) is 13.8. The number of rotatable bonds is 6. The van der Waals surface area contributed by atoms with Gasteiger partial charge in [0, 0.05) is 5.69 Å². The molecule has 0 bridgehead atoms. The van der Waals surface area contributed by atoms with E-state index >= 15 is 0 Å². The SMILES string of the molecule is CC(C)COc1ccc(/C=C(\C#N)C(=O)Nc2ccc(Cl)c(Cl)c2)cc1. The molecular formula is C20H18Cl2N2O2. The molecule has 0 fully saturated rings. The standard InChI is InChI=1S/C20H18Cl2N2O2/c1-13(2)12-26-17-6-3-14(4-7-17)9-15(11-23)20(25)24-16-5-8-18(21)19(22)10-16/h3-10,13H,12H2,1-2H3,(H,24,25)/b15-9+. The minimum atomic E-state index is -0.522. The Morgan fingerprint density at radius 3 is 2.46 bits per heavy atom. The van der Waals surface area contributed by atoms with Gasteiger partial charge in [0.05, 0.1) is 16.7 Å². The van der Waals surface area contributed by atoms with E-state index in [1.165, 1.54) is 12.1 Å². The number of carbonyl (C=O) groups excluding carboxylic acids is 1. The van der Waals surface area contributed by atoms with Crippen molar-refractivity contribution in [1.82, 2.24) is 0 Å². The van der Waals surface area contributed by atoms with Crippen molar-refractivity contribution in [2.45, 2.75) is 13.8 Å². The summed E-state index contributed by atoms with van der Waals surface area (Å²) >= 11 is 11.8. The quantitative estimate of drug-likeness (QED) is 0.519. The van der Waals surface area contributed by atoms with Gasteiger partial charge in [-0.05, 0) is 47.9 Å². The van der Waals surface area contributed by atoms with Crippen LogP contribution in [0.15, 0.2) is 48.0 Å². The molecule has 0 aromatic heterocycles. The molecule has 0 aliphatic heterocycles. The Bertz CT molecular complexity index is 853. The zero-order chi connectivity index (χ0) is 19.1. The first-order valence-corrected chi connectivity index (χ1v) is 8.75. The highest BCUT2D eigenvalue weighted by Crippen LogP contribution is 2.25. The second-order valence-corrected chi connectivity index (χ2v) is 6.84. The third kappa shape index (κ3) is 5.80. The first-order valence-electron chi connectivity index (χ1n) is 8.00. The van der Waals surface area contributed by atoms with Gasteiger partial charge in [0.2, 0.25) is 0 Å². The van der Waals surface area contributed by atoms with Crippen molar-refractivity contribution >= 4 is 40.9 Å². The summed E-state index contributed by atoms with van der Waals surface area (Å²) in [5.74, 6) is 0.658. The van der Waals surface area contributed by atoms with Crippen molar-refractivity contribution in [3.8, 4) is 11.8 Å². The molecular weight excluding hydrogens is 371 g/mol. The van der Waals surface area contributed by atoms with E-state index in [1.807, 2.05) is 6.07 Å². The average molecular weight is 389 g/mol. The topological polar surface area (TPSA) is 62.1 Å². The number of hydrogen-bond donors (Lipinski definition) is 1. The molecule has 1 N–H and O–H groups in total. The van der Waals surface area contributed by atoms with Crippen LogP contribution in [0, 0.1) is 17.2 Å². The Morgan fingerprint density at radius 1 is 1.19 bits per heavy atom. The summed E-state index contributed by atoms with van der Waals surface area (Å²) < 4.78 is 5.61. The molecule has 134 valence electrons. The van der Waals surface area contributed by atoms with Crippen molar-refractivity contribution in [1.29, 1.82) is 5.26 Å². The number of hydrogen-bond acceptors (Lipinski definition) is 3. The molecule has 0 aliphatic rings. The Hall–Kier alpha value is -2.48. The van der Waals surface area contributed by atoms with Crippen molar-refractivity contribution in [2.24, 2.45) is 5.92 Å². The van der Waals surface area contributed by atoms with E-state index in [-0.39, 0.29) is 5.57 Å². The largest absolute Gasteiger partial charge is 0.493 e. The normalized spacial score (nSPS) is 11.2. The lowest BCUT2D eigenvalue weighted by atomic mass is 10.1. The minimum Gasteiger partial charge on any atom is -0.493 e. The molecule has 0 saturated heterocycles. The number of nitrogens with zero attached hydrogens (tertiary/aromatic N) is 1. The highest BCUT2D eigenvalue weighted by atomic mass is 35.5. The van der Waals surface area contributed by atoms with E-state index in [0.29, 0.717) is 28.3 Å². The van der Waals surface area contributed by atoms with Crippen molar-refractivity contribution < 1.29 is 9.53 Å². The molecule has 26 heavy (non-hydrogen) atoms. The second kappa shape index (κ2) is 9.28.